The molecule has 0 fully saturated rings. The second-order valence-electron chi connectivity index (χ2n) is 5.15. The van der Waals surface area contributed by atoms with Gasteiger partial charge in [-0.1, -0.05) is 29.3 Å². The summed E-state index contributed by atoms with van der Waals surface area (Å²) in [5, 5.41) is 23.8. The molecule has 1 heterocycles. The number of aromatic nitrogens is 2. The van der Waals surface area contributed by atoms with Crippen molar-refractivity contribution >= 4 is 29.3 Å². The molecule has 2 aromatic rings. The standard InChI is InChI=1S/C16H18Cl2N2O3/c1-10(2)20-16(14(4-3-5-21)15(9-22)19-20)23-13-7-11(17)6-12(18)8-13/h3-4,6-8,10,21-22H,5,9H2,1-2H3. The average Bonchev–Trinajstić information content (AvgIpc) is 2.82. The average molecular weight is 357 g/mol. The molecule has 0 atom stereocenters. The summed E-state index contributed by atoms with van der Waals surface area (Å²) in [6, 6.07) is 4.91. The van der Waals surface area contributed by atoms with Crippen molar-refractivity contribution < 1.29 is 14.9 Å². The monoisotopic (exact) mass is 356 g/mol. The molecule has 124 valence electrons. The van der Waals surface area contributed by atoms with Crippen LogP contribution in [0.25, 0.3) is 6.08 Å². The summed E-state index contributed by atoms with van der Waals surface area (Å²) in [6.45, 7) is 3.54. The summed E-state index contributed by atoms with van der Waals surface area (Å²) in [7, 11) is 0. The summed E-state index contributed by atoms with van der Waals surface area (Å²) in [5.74, 6) is 0.916. The number of hydrogen-bond donors (Lipinski definition) is 2. The Bertz CT molecular complexity index is 691. The third-order valence-corrected chi connectivity index (χ3v) is 3.49. The zero-order chi connectivity index (χ0) is 17.0. The number of aliphatic hydroxyl groups is 2. The predicted octanol–water partition coefficient (Wildman–Crippen LogP) is 4.06. The van der Waals surface area contributed by atoms with E-state index in [0.29, 0.717) is 32.9 Å². The van der Waals surface area contributed by atoms with Gasteiger partial charge in [0.15, 0.2) is 0 Å². The van der Waals surface area contributed by atoms with Gasteiger partial charge < -0.3 is 14.9 Å². The van der Waals surface area contributed by atoms with E-state index in [1.165, 1.54) is 0 Å². The number of ether oxygens (including phenoxy) is 1. The lowest BCUT2D eigenvalue weighted by Crippen LogP contribution is -2.05. The largest absolute Gasteiger partial charge is 0.439 e. The zero-order valence-corrected chi connectivity index (χ0v) is 14.3. The number of nitrogens with zero attached hydrogens (tertiary/aromatic N) is 2. The van der Waals surface area contributed by atoms with E-state index in [1.807, 2.05) is 13.8 Å². The maximum Gasteiger partial charge on any atom is 0.225 e. The topological polar surface area (TPSA) is 67.5 Å². The van der Waals surface area contributed by atoms with Crippen molar-refractivity contribution in [3.05, 3.63) is 45.6 Å². The van der Waals surface area contributed by atoms with Gasteiger partial charge in [-0.25, -0.2) is 4.68 Å². The highest BCUT2D eigenvalue weighted by molar-refractivity contribution is 6.34. The molecule has 0 saturated carbocycles. The van der Waals surface area contributed by atoms with E-state index in [-0.39, 0.29) is 19.3 Å². The second kappa shape index (κ2) is 7.84. The minimum absolute atomic E-state index is 0.0150. The first-order valence-electron chi connectivity index (χ1n) is 7.09. The van der Waals surface area contributed by atoms with Gasteiger partial charge in [-0.15, -0.1) is 0 Å². The van der Waals surface area contributed by atoms with Gasteiger partial charge in [-0.05, 0) is 38.1 Å². The molecule has 0 aliphatic carbocycles. The minimum Gasteiger partial charge on any atom is -0.439 e. The Morgan fingerprint density at radius 2 is 1.87 bits per heavy atom. The van der Waals surface area contributed by atoms with E-state index in [2.05, 4.69) is 5.10 Å². The molecular formula is C16H18Cl2N2O3. The van der Waals surface area contributed by atoms with E-state index in [4.69, 9.17) is 33.0 Å². The molecule has 0 amide bonds. The summed E-state index contributed by atoms with van der Waals surface area (Å²) in [6.07, 6.45) is 3.22. The van der Waals surface area contributed by atoms with Gasteiger partial charge in [0, 0.05) is 10.0 Å². The summed E-state index contributed by atoms with van der Waals surface area (Å²) >= 11 is 12.0. The van der Waals surface area contributed by atoms with Crippen LogP contribution in [-0.4, -0.2) is 26.6 Å². The van der Waals surface area contributed by atoms with Gasteiger partial charge >= 0.3 is 0 Å². The number of rotatable bonds is 6. The van der Waals surface area contributed by atoms with Crippen LogP contribution in [0.15, 0.2) is 24.3 Å². The minimum atomic E-state index is -0.239. The van der Waals surface area contributed by atoms with Crippen LogP contribution in [0.4, 0.5) is 0 Å². The molecule has 0 aliphatic heterocycles. The number of hydrogen-bond acceptors (Lipinski definition) is 4. The second-order valence-corrected chi connectivity index (χ2v) is 6.03. The maximum absolute atomic E-state index is 9.52. The predicted molar refractivity (Wildman–Crippen MR) is 91.2 cm³/mol. The zero-order valence-electron chi connectivity index (χ0n) is 12.8. The number of benzene rings is 1. The van der Waals surface area contributed by atoms with Crippen LogP contribution in [0.3, 0.4) is 0 Å². The lowest BCUT2D eigenvalue weighted by Gasteiger charge is -2.13. The Hall–Kier alpha value is -1.53. The normalized spacial score (nSPS) is 11.6. The van der Waals surface area contributed by atoms with E-state index in [1.54, 1.807) is 35.0 Å². The molecule has 1 aromatic heterocycles. The molecule has 2 N–H and O–H groups in total. The molecule has 0 aliphatic rings. The SMILES string of the molecule is CC(C)n1nc(CO)c(C=CCO)c1Oc1cc(Cl)cc(Cl)c1. The first kappa shape index (κ1) is 17.8. The van der Waals surface area contributed by atoms with E-state index >= 15 is 0 Å². The Balaban J connectivity index is 2.53. The van der Waals surface area contributed by atoms with Crippen molar-refractivity contribution in [3.8, 4) is 11.6 Å². The Kier molecular flexibility index (Phi) is 6.07. The molecule has 0 radical (unpaired) electrons. The molecule has 1 aromatic carbocycles. The fourth-order valence-corrected chi connectivity index (χ4v) is 2.59. The van der Waals surface area contributed by atoms with Crippen LogP contribution in [0, 0.1) is 0 Å². The van der Waals surface area contributed by atoms with E-state index in [9.17, 15) is 5.11 Å². The summed E-state index contributed by atoms with van der Waals surface area (Å²) < 4.78 is 7.59. The van der Waals surface area contributed by atoms with Gasteiger partial charge in [0.1, 0.15) is 5.75 Å². The third-order valence-electron chi connectivity index (χ3n) is 3.06. The van der Waals surface area contributed by atoms with Crippen molar-refractivity contribution in [1.29, 1.82) is 0 Å². The fraction of sp³-hybridized carbons (Fsp3) is 0.312. The highest BCUT2D eigenvalue weighted by atomic mass is 35.5. The molecule has 2 rings (SSSR count). The third kappa shape index (κ3) is 4.26. The van der Waals surface area contributed by atoms with Gasteiger partial charge in [-0.3, -0.25) is 0 Å². The van der Waals surface area contributed by atoms with Gasteiger partial charge in [0.05, 0.1) is 30.5 Å². The van der Waals surface area contributed by atoms with Crippen LogP contribution in [0.1, 0.15) is 31.1 Å². The van der Waals surface area contributed by atoms with Crippen molar-refractivity contribution in [3.63, 3.8) is 0 Å². The smallest absolute Gasteiger partial charge is 0.225 e. The van der Waals surface area contributed by atoms with Gasteiger partial charge in [0.2, 0.25) is 5.88 Å². The summed E-state index contributed by atoms with van der Waals surface area (Å²) in [5.41, 5.74) is 1.07. The lowest BCUT2D eigenvalue weighted by molar-refractivity contribution is 0.274. The van der Waals surface area contributed by atoms with Crippen LogP contribution < -0.4 is 4.74 Å². The van der Waals surface area contributed by atoms with E-state index in [0.717, 1.165) is 0 Å². The number of aliphatic hydroxyl groups excluding tert-OH is 2. The van der Waals surface area contributed by atoms with Gasteiger partial charge in [0.25, 0.3) is 0 Å². The highest BCUT2D eigenvalue weighted by Gasteiger charge is 2.19. The molecule has 0 saturated heterocycles. The molecule has 0 bridgehead atoms. The quantitative estimate of drug-likeness (QED) is 0.818. The molecule has 0 unspecified atom stereocenters. The highest BCUT2D eigenvalue weighted by Crippen LogP contribution is 2.34. The van der Waals surface area contributed by atoms with Crippen LogP contribution in [-0.2, 0) is 6.61 Å². The maximum atomic E-state index is 9.52. The molecular weight excluding hydrogens is 339 g/mol. The van der Waals surface area contributed by atoms with Crippen LogP contribution in [0.2, 0.25) is 10.0 Å². The van der Waals surface area contributed by atoms with E-state index < -0.39 is 0 Å². The molecule has 7 heteroatoms. The Morgan fingerprint density at radius 3 is 2.39 bits per heavy atom. The van der Waals surface area contributed by atoms with Crippen molar-refractivity contribution in [2.45, 2.75) is 26.5 Å². The Labute approximate surface area is 144 Å². The van der Waals surface area contributed by atoms with Crippen LogP contribution in [0.5, 0.6) is 11.6 Å². The number of halogens is 2. The molecule has 5 nitrogen and oxygen atoms in total. The first-order chi connectivity index (χ1) is 11.0. The van der Waals surface area contributed by atoms with Crippen molar-refractivity contribution in [1.82, 2.24) is 9.78 Å². The Morgan fingerprint density at radius 1 is 1.22 bits per heavy atom. The fourth-order valence-electron chi connectivity index (χ4n) is 2.08. The van der Waals surface area contributed by atoms with Crippen molar-refractivity contribution in [2.24, 2.45) is 0 Å². The van der Waals surface area contributed by atoms with Gasteiger partial charge in [-0.2, -0.15) is 5.10 Å². The van der Waals surface area contributed by atoms with Crippen LogP contribution >= 0.6 is 23.2 Å². The molecule has 0 spiro atoms. The molecule has 23 heavy (non-hydrogen) atoms. The lowest BCUT2D eigenvalue weighted by atomic mass is 10.2. The first-order valence-corrected chi connectivity index (χ1v) is 7.85. The summed E-state index contributed by atoms with van der Waals surface area (Å²) in [4.78, 5) is 0. The van der Waals surface area contributed by atoms with Crippen molar-refractivity contribution in [2.75, 3.05) is 6.61 Å².